The number of rotatable bonds is 4. The molecule has 0 saturated carbocycles. The SMILES string of the molecule is CCNC(=NCCc1c[nH]c2ccccc12)N1CCS(=O)(=O)C(C)(C)C1. The molecule has 0 unspecified atom stereocenters. The van der Waals surface area contributed by atoms with Gasteiger partial charge in [0.25, 0.3) is 0 Å². The molecule has 1 saturated heterocycles. The maximum absolute atomic E-state index is 12.2. The first-order valence-electron chi connectivity index (χ1n) is 9.14. The van der Waals surface area contributed by atoms with Crippen molar-refractivity contribution in [1.29, 1.82) is 0 Å². The summed E-state index contributed by atoms with van der Waals surface area (Å²) in [5, 5.41) is 4.54. The molecule has 0 atom stereocenters. The Bertz CT molecular complexity index is 899. The van der Waals surface area contributed by atoms with Crippen LogP contribution >= 0.6 is 0 Å². The zero-order valence-electron chi connectivity index (χ0n) is 15.7. The van der Waals surface area contributed by atoms with Crippen LogP contribution in [0.3, 0.4) is 0 Å². The number of nitrogens with one attached hydrogen (secondary N) is 2. The Morgan fingerprint density at radius 1 is 1.35 bits per heavy atom. The third-order valence-electron chi connectivity index (χ3n) is 5.00. The van der Waals surface area contributed by atoms with Crippen molar-refractivity contribution in [3.8, 4) is 0 Å². The van der Waals surface area contributed by atoms with E-state index in [9.17, 15) is 8.42 Å². The molecular weight excluding hydrogens is 348 g/mol. The first kappa shape index (κ1) is 18.8. The number of aliphatic imine (C=N–C) groups is 1. The molecule has 1 fully saturated rings. The fourth-order valence-corrected chi connectivity index (χ4v) is 4.74. The fourth-order valence-electron chi connectivity index (χ4n) is 3.37. The van der Waals surface area contributed by atoms with Crippen molar-refractivity contribution in [1.82, 2.24) is 15.2 Å². The molecule has 1 aliphatic heterocycles. The normalized spacial score (nSPS) is 19.7. The molecule has 3 rings (SSSR count). The number of hydrogen-bond donors (Lipinski definition) is 2. The van der Waals surface area contributed by atoms with Crippen molar-refractivity contribution in [3.05, 3.63) is 36.0 Å². The van der Waals surface area contributed by atoms with Crippen molar-refractivity contribution in [2.75, 3.05) is 31.9 Å². The Morgan fingerprint density at radius 2 is 2.12 bits per heavy atom. The van der Waals surface area contributed by atoms with Crippen LogP contribution in [0.25, 0.3) is 10.9 Å². The molecule has 0 aliphatic carbocycles. The van der Waals surface area contributed by atoms with Crippen molar-refractivity contribution >= 4 is 26.7 Å². The summed E-state index contributed by atoms with van der Waals surface area (Å²) in [6.07, 6.45) is 2.89. The number of nitrogens with zero attached hydrogens (tertiary/aromatic N) is 2. The number of hydrogen-bond acceptors (Lipinski definition) is 3. The van der Waals surface area contributed by atoms with Gasteiger partial charge in [-0.3, -0.25) is 4.99 Å². The van der Waals surface area contributed by atoms with Gasteiger partial charge in [-0.2, -0.15) is 0 Å². The van der Waals surface area contributed by atoms with E-state index in [4.69, 9.17) is 4.99 Å². The highest BCUT2D eigenvalue weighted by atomic mass is 32.2. The number of aromatic nitrogens is 1. The smallest absolute Gasteiger partial charge is 0.194 e. The molecule has 1 aromatic carbocycles. The van der Waals surface area contributed by atoms with Crippen LogP contribution in [0.4, 0.5) is 0 Å². The van der Waals surface area contributed by atoms with Gasteiger partial charge in [0.15, 0.2) is 15.8 Å². The Labute approximate surface area is 155 Å². The Balaban J connectivity index is 1.71. The van der Waals surface area contributed by atoms with Crippen LogP contribution in [0.2, 0.25) is 0 Å². The summed E-state index contributed by atoms with van der Waals surface area (Å²) in [7, 11) is -3.05. The van der Waals surface area contributed by atoms with Gasteiger partial charge in [-0.15, -0.1) is 0 Å². The van der Waals surface area contributed by atoms with Crippen LogP contribution in [-0.2, 0) is 16.3 Å². The van der Waals surface area contributed by atoms with Crippen molar-refractivity contribution in [2.24, 2.45) is 4.99 Å². The molecular formula is C19H28N4O2S. The second-order valence-electron chi connectivity index (χ2n) is 7.35. The molecule has 26 heavy (non-hydrogen) atoms. The van der Waals surface area contributed by atoms with E-state index in [1.165, 1.54) is 10.9 Å². The highest BCUT2D eigenvalue weighted by Gasteiger charge is 2.40. The van der Waals surface area contributed by atoms with Gasteiger partial charge >= 0.3 is 0 Å². The molecule has 7 heteroatoms. The first-order valence-corrected chi connectivity index (χ1v) is 10.8. The molecule has 6 nitrogen and oxygen atoms in total. The van der Waals surface area contributed by atoms with Crippen LogP contribution in [0.1, 0.15) is 26.3 Å². The molecule has 0 amide bonds. The van der Waals surface area contributed by atoms with Gasteiger partial charge in [0.2, 0.25) is 0 Å². The van der Waals surface area contributed by atoms with E-state index in [1.54, 1.807) is 13.8 Å². The molecule has 0 spiro atoms. The van der Waals surface area contributed by atoms with E-state index in [1.807, 2.05) is 25.3 Å². The zero-order valence-corrected chi connectivity index (χ0v) is 16.6. The molecule has 1 aromatic heterocycles. The molecule has 0 bridgehead atoms. The summed E-state index contributed by atoms with van der Waals surface area (Å²) in [6, 6.07) is 8.26. The van der Waals surface area contributed by atoms with Gasteiger partial charge in [-0.25, -0.2) is 8.42 Å². The van der Waals surface area contributed by atoms with Crippen LogP contribution < -0.4 is 5.32 Å². The van der Waals surface area contributed by atoms with Gasteiger partial charge < -0.3 is 15.2 Å². The monoisotopic (exact) mass is 376 g/mol. The maximum Gasteiger partial charge on any atom is 0.194 e. The van der Waals surface area contributed by atoms with Crippen LogP contribution in [-0.4, -0.2) is 60.9 Å². The topological polar surface area (TPSA) is 77.6 Å². The predicted octanol–water partition coefficient (Wildman–Crippen LogP) is 2.18. The summed E-state index contributed by atoms with van der Waals surface area (Å²) in [5.41, 5.74) is 2.39. The Hall–Kier alpha value is -2.02. The third kappa shape index (κ3) is 3.72. The predicted molar refractivity (Wildman–Crippen MR) is 107 cm³/mol. The molecule has 1 aliphatic rings. The average Bonchev–Trinajstić information content (AvgIpc) is 3.00. The number of guanidine groups is 1. The number of sulfone groups is 1. The Morgan fingerprint density at radius 3 is 2.85 bits per heavy atom. The van der Waals surface area contributed by atoms with Crippen molar-refractivity contribution in [2.45, 2.75) is 31.9 Å². The number of fused-ring (bicyclic) bond motifs is 1. The zero-order chi connectivity index (χ0) is 18.8. The van der Waals surface area contributed by atoms with E-state index in [0.717, 1.165) is 24.4 Å². The van der Waals surface area contributed by atoms with Gasteiger partial charge in [0.05, 0.1) is 10.5 Å². The van der Waals surface area contributed by atoms with Gasteiger partial charge in [0, 0.05) is 43.3 Å². The Kier molecular flexibility index (Phi) is 5.27. The molecule has 2 aromatic rings. The van der Waals surface area contributed by atoms with Crippen LogP contribution in [0, 0.1) is 0 Å². The van der Waals surface area contributed by atoms with Gasteiger partial charge in [0.1, 0.15) is 0 Å². The van der Waals surface area contributed by atoms with E-state index in [-0.39, 0.29) is 5.75 Å². The standard InChI is InChI=1S/C19H28N4O2S/c1-4-20-18(23-11-12-26(24,25)19(2,3)14-23)21-10-9-15-13-22-17-8-6-5-7-16(15)17/h5-8,13,22H,4,9-12,14H2,1-3H3,(H,20,21). The summed E-state index contributed by atoms with van der Waals surface area (Å²) in [6.45, 7) is 8.00. The van der Waals surface area contributed by atoms with E-state index in [0.29, 0.717) is 19.6 Å². The van der Waals surface area contributed by atoms with Crippen LogP contribution in [0.15, 0.2) is 35.5 Å². The molecule has 2 heterocycles. The lowest BCUT2D eigenvalue weighted by molar-refractivity contribution is 0.353. The van der Waals surface area contributed by atoms with E-state index >= 15 is 0 Å². The van der Waals surface area contributed by atoms with Crippen molar-refractivity contribution < 1.29 is 8.42 Å². The summed E-state index contributed by atoms with van der Waals surface area (Å²) < 4.78 is 23.7. The van der Waals surface area contributed by atoms with E-state index in [2.05, 4.69) is 27.3 Å². The van der Waals surface area contributed by atoms with Crippen molar-refractivity contribution in [3.63, 3.8) is 0 Å². The summed E-state index contributed by atoms with van der Waals surface area (Å²) >= 11 is 0. The number of aromatic amines is 1. The molecule has 2 N–H and O–H groups in total. The molecule has 142 valence electrons. The lowest BCUT2D eigenvalue weighted by atomic mass is 10.1. The quantitative estimate of drug-likeness (QED) is 0.633. The largest absolute Gasteiger partial charge is 0.361 e. The van der Waals surface area contributed by atoms with E-state index < -0.39 is 14.6 Å². The number of H-pyrrole nitrogens is 1. The highest BCUT2D eigenvalue weighted by Crippen LogP contribution is 2.24. The minimum atomic E-state index is -3.05. The maximum atomic E-state index is 12.2. The highest BCUT2D eigenvalue weighted by molar-refractivity contribution is 7.92. The minimum absolute atomic E-state index is 0.173. The van der Waals surface area contributed by atoms with Gasteiger partial charge in [-0.1, -0.05) is 18.2 Å². The summed E-state index contributed by atoms with van der Waals surface area (Å²) in [5.74, 6) is 0.975. The average molecular weight is 377 g/mol. The van der Waals surface area contributed by atoms with Gasteiger partial charge in [-0.05, 0) is 38.8 Å². The van der Waals surface area contributed by atoms with Crippen LogP contribution in [0.5, 0.6) is 0 Å². The second-order valence-corrected chi connectivity index (χ2v) is 10.1. The molecule has 0 radical (unpaired) electrons. The lowest BCUT2D eigenvalue weighted by Gasteiger charge is -2.39. The lowest BCUT2D eigenvalue weighted by Crippen LogP contribution is -2.57. The summed E-state index contributed by atoms with van der Waals surface area (Å²) in [4.78, 5) is 10.1. The second kappa shape index (κ2) is 7.31. The fraction of sp³-hybridized carbons (Fsp3) is 0.526. The minimum Gasteiger partial charge on any atom is -0.361 e. The number of para-hydroxylation sites is 1. The first-order chi connectivity index (χ1) is 12.3. The number of benzene rings is 1. The third-order valence-corrected chi connectivity index (χ3v) is 7.53.